The summed E-state index contributed by atoms with van der Waals surface area (Å²) < 4.78 is 0. The van der Waals surface area contributed by atoms with Crippen molar-refractivity contribution in [1.82, 2.24) is 20.3 Å². The minimum Gasteiger partial charge on any atom is -0.358 e. The molecule has 2 aromatic heterocycles. The van der Waals surface area contributed by atoms with Gasteiger partial charge in [-0.15, -0.1) is 0 Å². The molecule has 0 atom stereocenters. The maximum Gasteiger partial charge on any atom is 0.173 e. The predicted molar refractivity (Wildman–Crippen MR) is 79.3 cm³/mol. The molecular formula is C11H9Cl2N5S. The van der Waals surface area contributed by atoms with Crippen molar-refractivity contribution in [2.75, 3.05) is 5.32 Å². The number of aromatic nitrogens is 3. The molecule has 2 rings (SSSR count). The number of halogens is 2. The Morgan fingerprint density at radius 2 is 2.16 bits per heavy atom. The van der Waals surface area contributed by atoms with Crippen LogP contribution in [0.5, 0.6) is 0 Å². The van der Waals surface area contributed by atoms with Gasteiger partial charge < -0.3 is 10.6 Å². The van der Waals surface area contributed by atoms with Gasteiger partial charge in [0.25, 0.3) is 0 Å². The SMILES string of the molecule is S=C(NCc1cccnc1)Nc1ncc(Cl)nc1Cl. The molecule has 0 saturated carbocycles. The number of nitrogens with one attached hydrogen (secondary N) is 2. The third-order valence-electron chi connectivity index (χ3n) is 2.11. The van der Waals surface area contributed by atoms with E-state index in [1.165, 1.54) is 6.20 Å². The van der Waals surface area contributed by atoms with Crippen LogP contribution in [0.15, 0.2) is 30.7 Å². The molecule has 8 heteroatoms. The van der Waals surface area contributed by atoms with Gasteiger partial charge in [-0.2, -0.15) is 0 Å². The van der Waals surface area contributed by atoms with E-state index in [0.717, 1.165) is 5.56 Å². The van der Waals surface area contributed by atoms with Gasteiger partial charge >= 0.3 is 0 Å². The first kappa shape index (κ1) is 13.9. The normalized spacial score (nSPS) is 10.0. The van der Waals surface area contributed by atoms with Crippen LogP contribution in [-0.2, 0) is 6.54 Å². The molecule has 0 fully saturated rings. The van der Waals surface area contributed by atoms with Crippen molar-refractivity contribution >= 4 is 46.4 Å². The Labute approximate surface area is 125 Å². The average molecular weight is 314 g/mol. The predicted octanol–water partition coefficient (Wildman–Crippen LogP) is 2.67. The van der Waals surface area contributed by atoms with Gasteiger partial charge in [0, 0.05) is 18.9 Å². The van der Waals surface area contributed by atoms with Crippen molar-refractivity contribution in [2.24, 2.45) is 0 Å². The van der Waals surface area contributed by atoms with E-state index >= 15 is 0 Å². The number of hydrogen-bond donors (Lipinski definition) is 2. The van der Waals surface area contributed by atoms with E-state index in [9.17, 15) is 0 Å². The summed E-state index contributed by atoms with van der Waals surface area (Å²) in [5.41, 5.74) is 1.01. The first-order chi connectivity index (χ1) is 9.15. The lowest BCUT2D eigenvalue weighted by Gasteiger charge is -2.10. The molecule has 98 valence electrons. The summed E-state index contributed by atoms with van der Waals surface area (Å²) in [7, 11) is 0. The molecule has 0 saturated heterocycles. The monoisotopic (exact) mass is 313 g/mol. The van der Waals surface area contributed by atoms with Crippen LogP contribution < -0.4 is 10.6 Å². The number of thiocarbonyl (C=S) groups is 1. The maximum atomic E-state index is 5.87. The van der Waals surface area contributed by atoms with E-state index in [4.69, 9.17) is 35.4 Å². The molecule has 0 unspecified atom stereocenters. The quantitative estimate of drug-likeness (QED) is 0.849. The second kappa shape index (κ2) is 6.60. The molecular weight excluding hydrogens is 305 g/mol. The highest BCUT2D eigenvalue weighted by Gasteiger charge is 2.06. The molecule has 0 spiro atoms. The number of hydrogen-bond acceptors (Lipinski definition) is 4. The summed E-state index contributed by atoms with van der Waals surface area (Å²) >= 11 is 16.7. The molecule has 0 amide bonds. The van der Waals surface area contributed by atoms with Gasteiger partial charge in [0.15, 0.2) is 16.1 Å². The summed E-state index contributed by atoms with van der Waals surface area (Å²) in [5.74, 6) is 0.356. The standard InChI is InChI=1S/C11H9Cl2N5S/c12-8-6-15-10(9(13)17-8)18-11(19)16-5-7-2-1-3-14-4-7/h1-4,6H,5H2,(H2,15,16,18,19). The molecule has 2 aromatic rings. The zero-order valence-corrected chi connectivity index (χ0v) is 11.9. The molecule has 2 N–H and O–H groups in total. The van der Waals surface area contributed by atoms with Gasteiger partial charge in [0.1, 0.15) is 5.15 Å². The highest BCUT2D eigenvalue weighted by Crippen LogP contribution is 2.17. The number of pyridine rings is 1. The smallest absolute Gasteiger partial charge is 0.173 e. The van der Waals surface area contributed by atoms with Crippen LogP contribution in [0.4, 0.5) is 5.82 Å². The molecule has 2 heterocycles. The van der Waals surface area contributed by atoms with Crippen molar-refractivity contribution < 1.29 is 0 Å². The van der Waals surface area contributed by atoms with Gasteiger partial charge in [-0.05, 0) is 23.8 Å². The van der Waals surface area contributed by atoms with Crippen LogP contribution >= 0.6 is 35.4 Å². The fraction of sp³-hybridized carbons (Fsp3) is 0.0909. The van der Waals surface area contributed by atoms with Crippen LogP contribution in [0, 0.1) is 0 Å². The molecule has 0 bridgehead atoms. The molecule has 0 radical (unpaired) electrons. The minimum absolute atomic E-state index is 0.165. The molecule has 5 nitrogen and oxygen atoms in total. The highest BCUT2D eigenvalue weighted by atomic mass is 35.5. The topological polar surface area (TPSA) is 62.7 Å². The van der Waals surface area contributed by atoms with Gasteiger partial charge in [0.05, 0.1) is 6.20 Å². The summed E-state index contributed by atoms with van der Waals surface area (Å²) in [6.45, 7) is 0.554. The van der Waals surface area contributed by atoms with E-state index in [0.29, 0.717) is 17.5 Å². The van der Waals surface area contributed by atoms with E-state index in [1.807, 2.05) is 12.1 Å². The highest BCUT2D eigenvalue weighted by molar-refractivity contribution is 7.80. The lowest BCUT2D eigenvalue weighted by atomic mass is 10.3. The zero-order chi connectivity index (χ0) is 13.7. The number of nitrogens with zero attached hydrogens (tertiary/aromatic N) is 3. The van der Waals surface area contributed by atoms with Gasteiger partial charge in [0.2, 0.25) is 0 Å². The summed E-state index contributed by atoms with van der Waals surface area (Å²) in [5, 5.41) is 6.64. The second-order valence-electron chi connectivity index (χ2n) is 3.50. The molecule has 0 aliphatic rings. The first-order valence-corrected chi connectivity index (χ1v) is 6.43. The Balaban J connectivity index is 1.91. The fourth-order valence-corrected chi connectivity index (χ4v) is 1.80. The fourth-order valence-electron chi connectivity index (χ4n) is 1.27. The van der Waals surface area contributed by atoms with Crippen molar-refractivity contribution in [3.8, 4) is 0 Å². The van der Waals surface area contributed by atoms with Gasteiger partial charge in [-0.3, -0.25) is 4.98 Å². The third kappa shape index (κ3) is 4.27. The lowest BCUT2D eigenvalue weighted by Crippen LogP contribution is -2.28. The van der Waals surface area contributed by atoms with Gasteiger partial charge in [-0.25, -0.2) is 9.97 Å². The van der Waals surface area contributed by atoms with Crippen molar-refractivity contribution in [3.63, 3.8) is 0 Å². The van der Waals surface area contributed by atoms with E-state index in [2.05, 4.69) is 25.6 Å². The summed E-state index contributed by atoms with van der Waals surface area (Å²) in [6, 6.07) is 3.80. The Morgan fingerprint density at radius 1 is 1.32 bits per heavy atom. The Bertz CT molecular complexity index is 579. The first-order valence-electron chi connectivity index (χ1n) is 5.27. The second-order valence-corrected chi connectivity index (χ2v) is 4.65. The maximum absolute atomic E-state index is 5.87. The van der Waals surface area contributed by atoms with Crippen LogP contribution in [0.25, 0.3) is 0 Å². The minimum atomic E-state index is 0.165. The Kier molecular flexibility index (Phi) is 4.84. The third-order valence-corrected chi connectivity index (χ3v) is 2.80. The molecule has 0 aliphatic heterocycles. The largest absolute Gasteiger partial charge is 0.358 e. The lowest BCUT2D eigenvalue weighted by molar-refractivity contribution is 0.915. The summed E-state index contributed by atoms with van der Waals surface area (Å²) in [6.07, 6.45) is 4.85. The van der Waals surface area contributed by atoms with Crippen molar-refractivity contribution in [3.05, 3.63) is 46.6 Å². The average Bonchev–Trinajstić information content (AvgIpc) is 2.41. The number of anilines is 1. The van der Waals surface area contributed by atoms with E-state index in [-0.39, 0.29) is 10.3 Å². The number of rotatable bonds is 3. The van der Waals surface area contributed by atoms with Crippen LogP contribution in [0.2, 0.25) is 10.3 Å². The van der Waals surface area contributed by atoms with Crippen LogP contribution in [-0.4, -0.2) is 20.1 Å². The van der Waals surface area contributed by atoms with E-state index in [1.54, 1.807) is 12.4 Å². The van der Waals surface area contributed by atoms with Crippen LogP contribution in [0.1, 0.15) is 5.56 Å². The summed E-state index contributed by atoms with van der Waals surface area (Å²) in [4.78, 5) is 11.9. The van der Waals surface area contributed by atoms with Gasteiger partial charge in [-0.1, -0.05) is 29.3 Å². The molecule has 19 heavy (non-hydrogen) atoms. The van der Waals surface area contributed by atoms with Crippen molar-refractivity contribution in [1.29, 1.82) is 0 Å². The van der Waals surface area contributed by atoms with E-state index < -0.39 is 0 Å². The molecule has 0 aromatic carbocycles. The van der Waals surface area contributed by atoms with Crippen LogP contribution in [0.3, 0.4) is 0 Å². The Morgan fingerprint density at radius 3 is 2.84 bits per heavy atom. The van der Waals surface area contributed by atoms with Crippen molar-refractivity contribution in [2.45, 2.75) is 6.54 Å². The zero-order valence-electron chi connectivity index (χ0n) is 9.60. The molecule has 0 aliphatic carbocycles. The Hall–Kier alpha value is -1.50.